The number of rotatable bonds is 5. The summed E-state index contributed by atoms with van der Waals surface area (Å²) < 4.78 is 0. The molecular formula is C31H48O3. The van der Waals surface area contributed by atoms with Gasteiger partial charge in [0.15, 0.2) is 11.6 Å². The van der Waals surface area contributed by atoms with Crippen molar-refractivity contribution in [3.8, 4) is 0 Å². The highest BCUT2D eigenvalue weighted by Crippen LogP contribution is 2.71. The minimum absolute atomic E-state index is 0.0186. The minimum Gasteiger partial charge on any atom is -0.393 e. The largest absolute Gasteiger partial charge is 0.393 e. The van der Waals surface area contributed by atoms with Gasteiger partial charge in [-0.3, -0.25) is 9.59 Å². The molecule has 2 saturated carbocycles. The van der Waals surface area contributed by atoms with Crippen LogP contribution in [0.25, 0.3) is 0 Å². The van der Waals surface area contributed by atoms with Crippen LogP contribution in [0.1, 0.15) is 107 Å². The average molecular weight is 469 g/mol. The van der Waals surface area contributed by atoms with E-state index in [2.05, 4.69) is 62.0 Å². The van der Waals surface area contributed by atoms with E-state index >= 15 is 0 Å². The number of carbonyl (C=O) groups excluding carboxylic acids is 2. The summed E-state index contributed by atoms with van der Waals surface area (Å²) in [6.07, 6.45) is 6.33. The minimum atomic E-state index is -0.419. The van der Waals surface area contributed by atoms with Crippen LogP contribution in [0.5, 0.6) is 0 Å². The Labute approximate surface area is 207 Å². The van der Waals surface area contributed by atoms with Crippen molar-refractivity contribution in [3.05, 3.63) is 23.3 Å². The molecule has 4 aliphatic rings. The fraction of sp³-hybridized carbons (Fsp3) is 0.806. The highest BCUT2D eigenvalue weighted by atomic mass is 16.3. The van der Waals surface area contributed by atoms with Gasteiger partial charge in [0, 0.05) is 34.8 Å². The summed E-state index contributed by atoms with van der Waals surface area (Å²) in [4.78, 5) is 28.0. The van der Waals surface area contributed by atoms with Crippen molar-refractivity contribution >= 4 is 11.6 Å². The van der Waals surface area contributed by atoms with E-state index in [1.165, 1.54) is 5.57 Å². The van der Waals surface area contributed by atoms with Crippen molar-refractivity contribution in [2.75, 3.05) is 0 Å². The molecule has 0 amide bonds. The van der Waals surface area contributed by atoms with Gasteiger partial charge in [-0.25, -0.2) is 0 Å². The molecule has 0 aromatic rings. The van der Waals surface area contributed by atoms with E-state index in [0.717, 1.165) is 43.3 Å². The van der Waals surface area contributed by atoms with E-state index in [4.69, 9.17) is 0 Å². The van der Waals surface area contributed by atoms with Gasteiger partial charge in [0.1, 0.15) is 0 Å². The molecule has 3 nitrogen and oxygen atoms in total. The Morgan fingerprint density at radius 3 is 2.26 bits per heavy atom. The molecule has 0 bridgehead atoms. The van der Waals surface area contributed by atoms with Crippen LogP contribution in [-0.2, 0) is 9.59 Å². The van der Waals surface area contributed by atoms with Crippen molar-refractivity contribution in [1.29, 1.82) is 0 Å². The second-order valence-electron chi connectivity index (χ2n) is 14.0. The maximum absolute atomic E-state index is 14.1. The Hall–Kier alpha value is -1.22. The molecule has 190 valence electrons. The van der Waals surface area contributed by atoms with E-state index in [1.54, 1.807) is 0 Å². The molecule has 0 unspecified atom stereocenters. The molecule has 2 fully saturated rings. The Kier molecular flexibility index (Phi) is 6.20. The normalized spacial score (nSPS) is 42.4. The maximum atomic E-state index is 14.1. The molecule has 0 spiro atoms. The predicted octanol–water partition coefficient (Wildman–Crippen LogP) is 7.08. The standard InChI is InChI=1S/C31H48O3/c1-18(2)19(3)10-11-20(4)21-12-15-30(8)27-22(32)16-24-28(5,6)25(34)13-14-29(24,7)26(27)23(33)17-31(21,30)9/h18,20-21,24-25,34H,3,10-17H2,1-2,4-9H3/t20-,21-,24-,25+,29+,30+,31-/m1/s1. The van der Waals surface area contributed by atoms with Gasteiger partial charge in [-0.2, -0.15) is 0 Å². The number of carbonyl (C=O) groups is 2. The van der Waals surface area contributed by atoms with Crippen LogP contribution in [0.3, 0.4) is 0 Å². The Morgan fingerprint density at radius 2 is 1.65 bits per heavy atom. The summed E-state index contributed by atoms with van der Waals surface area (Å²) in [6.45, 7) is 22.1. The predicted molar refractivity (Wildman–Crippen MR) is 138 cm³/mol. The molecule has 0 aromatic heterocycles. The van der Waals surface area contributed by atoms with Crippen LogP contribution >= 0.6 is 0 Å². The monoisotopic (exact) mass is 468 g/mol. The van der Waals surface area contributed by atoms with Crippen molar-refractivity contribution < 1.29 is 14.7 Å². The molecule has 4 aliphatic carbocycles. The lowest BCUT2D eigenvalue weighted by atomic mass is 9.43. The number of hydrogen-bond donors (Lipinski definition) is 1. The van der Waals surface area contributed by atoms with Crippen LogP contribution in [0.15, 0.2) is 23.3 Å². The summed E-state index contributed by atoms with van der Waals surface area (Å²) in [5, 5.41) is 10.8. The lowest BCUT2D eigenvalue weighted by Gasteiger charge is -2.60. The third-order valence-electron chi connectivity index (χ3n) is 11.8. The first-order chi connectivity index (χ1) is 15.6. The van der Waals surface area contributed by atoms with Crippen molar-refractivity contribution in [2.24, 2.45) is 45.3 Å². The molecular weight excluding hydrogens is 420 g/mol. The zero-order chi connectivity index (χ0) is 25.4. The quantitative estimate of drug-likeness (QED) is 0.438. The Bertz CT molecular complexity index is 938. The molecule has 0 aromatic carbocycles. The average Bonchev–Trinajstić information content (AvgIpc) is 3.01. The van der Waals surface area contributed by atoms with E-state index < -0.39 is 6.10 Å². The van der Waals surface area contributed by atoms with Crippen LogP contribution in [-0.4, -0.2) is 22.8 Å². The highest BCUT2D eigenvalue weighted by Gasteiger charge is 2.67. The van der Waals surface area contributed by atoms with Gasteiger partial charge >= 0.3 is 0 Å². The number of Topliss-reactive ketones (excluding diaryl/α,β-unsaturated/α-hetero) is 2. The summed E-state index contributed by atoms with van der Waals surface area (Å²) in [7, 11) is 0. The van der Waals surface area contributed by atoms with Crippen LogP contribution < -0.4 is 0 Å². The highest BCUT2D eigenvalue weighted by molar-refractivity contribution is 6.11. The van der Waals surface area contributed by atoms with Crippen LogP contribution in [0, 0.1) is 45.3 Å². The van der Waals surface area contributed by atoms with Gasteiger partial charge in [-0.1, -0.05) is 67.5 Å². The van der Waals surface area contributed by atoms with Gasteiger partial charge in [-0.15, -0.1) is 0 Å². The maximum Gasteiger partial charge on any atom is 0.160 e. The summed E-state index contributed by atoms with van der Waals surface area (Å²) >= 11 is 0. The van der Waals surface area contributed by atoms with E-state index in [0.29, 0.717) is 37.0 Å². The third kappa shape index (κ3) is 3.39. The van der Waals surface area contributed by atoms with Crippen molar-refractivity contribution in [1.82, 2.24) is 0 Å². The molecule has 0 radical (unpaired) electrons. The van der Waals surface area contributed by atoms with Crippen LogP contribution in [0.2, 0.25) is 0 Å². The van der Waals surface area contributed by atoms with E-state index in [-0.39, 0.29) is 39.1 Å². The van der Waals surface area contributed by atoms with Gasteiger partial charge in [-0.05, 0) is 73.0 Å². The second-order valence-corrected chi connectivity index (χ2v) is 14.0. The lowest BCUT2D eigenvalue weighted by Crippen LogP contribution is -2.59. The number of aliphatic hydroxyl groups is 1. The number of hydrogen-bond acceptors (Lipinski definition) is 3. The summed E-state index contributed by atoms with van der Waals surface area (Å²) in [6, 6.07) is 0. The first-order valence-corrected chi connectivity index (χ1v) is 13.8. The summed E-state index contributed by atoms with van der Waals surface area (Å²) in [5.74, 6) is 1.87. The van der Waals surface area contributed by atoms with Gasteiger partial charge in [0.05, 0.1) is 6.10 Å². The van der Waals surface area contributed by atoms with Gasteiger partial charge in [0.2, 0.25) is 0 Å². The van der Waals surface area contributed by atoms with Gasteiger partial charge in [0.25, 0.3) is 0 Å². The van der Waals surface area contributed by atoms with Gasteiger partial charge < -0.3 is 5.11 Å². The molecule has 0 heterocycles. The first-order valence-electron chi connectivity index (χ1n) is 13.8. The Balaban J connectivity index is 1.74. The zero-order valence-corrected chi connectivity index (χ0v) is 23.0. The topological polar surface area (TPSA) is 54.4 Å². The number of allylic oxidation sites excluding steroid dienone is 3. The SMILES string of the molecule is C=C(CC[C@@H](C)[C@H]1CC[C@@]2(C)C3=C(C(=O)C[C@]12C)[C@@]1(C)CC[C@H](O)C(C)(C)[C@H]1CC3=O)C(C)C. The smallest absolute Gasteiger partial charge is 0.160 e. The molecule has 3 heteroatoms. The fourth-order valence-corrected chi connectivity index (χ4v) is 9.01. The third-order valence-corrected chi connectivity index (χ3v) is 11.8. The van der Waals surface area contributed by atoms with E-state index in [9.17, 15) is 14.7 Å². The number of aliphatic hydroxyl groups excluding tert-OH is 1. The van der Waals surface area contributed by atoms with Crippen molar-refractivity contribution in [3.63, 3.8) is 0 Å². The number of fused-ring (bicyclic) bond motifs is 4. The molecule has 34 heavy (non-hydrogen) atoms. The molecule has 0 aliphatic heterocycles. The molecule has 4 rings (SSSR count). The van der Waals surface area contributed by atoms with E-state index in [1.807, 2.05) is 0 Å². The zero-order valence-electron chi connectivity index (χ0n) is 23.0. The summed E-state index contributed by atoms with van der Waals surface area (Å²) in [5.41, 5.74) is 1.96. The molecule has 1 N–H and O–H groups in total. The number of ketones is 2. The fourth-order valence-electron chi connectivity index (χ4n) is 9.01. The second kappa shape index (κ2) is 8.15. The lowest BCUT2D eigenvalue weighted by molar-refractivity contribution is -0.141. The van der Waals surface area contributed by atoms with Crippen molar-refractivity contribution in [2.45, 2.75) is 113 Å². The van der Waals surface area contributed by atoms with Crippen LogP contribution in [0.4, 0.5) is 0 Å². The Morgan fingerprint density at radius 1 is 1.00 bits per heavy atom. The molecule has 0 saturated heterocycles. The molecule has 7 atom stereocenters. The first kappa shape index (κ1) is 25.9.